The fourth-order valence-electron chi connectivity index (χ4n) is 1.95. The molecule has 3 nitrogen and oxygen atoms in total. The number of hydrogen-bond donors (Lipinski definition) is 0. The van der Waals surface area contributed by atoms with Crippen LogP contribution in [0.15, 0.2) is 30.6 Å². The van der Waals surface area contributed by atoms with Crippen LogP contribution in [0.5, 0.6) is 0 Å². The maximum atomic E-state index is 12.4. The van der Waals surface area contributed by atoms with Gasteiger partial charge in [-0.05, 0) is 37.8 Å². The number of carbonyl (C=O) groups excluding carboxylic acids is 1. The summed E-state index contributed by atoms with van der Waals surface area (Å²) < 4.78 is 43.6. The first kappa shape index (κ1) is 15.4. The summed E-state index contributed by atoms with van der Waals surface area (Å²) in [6, 6.07) is 4.41. The van der Waals surface area contributed by atoms with Crippen LogP contribution in [0.2, 0.25) is 0 Å². The lowest BCUT2D eigenvalue weighted by Crippen LogP contribution is -2.26. The van der Waals surface area contributed by atoms with Gasteiger partial charge in [0, 0.05) is 17.8 Å². The molecule has 114 valence electrons. The molecule has 0 aliphatic heterocycles. The number of rotatable bonds is 1. The van der Waals surface area contributed by atoms with Crippen molar-refractivity contribution in [1.82, 2.24) is 4.57 Å². The lowest BCUT2D eigenvalue weighted by molar-refractivity contribution is -0.127. The smallest absolute Gasteiger partial charge is 0.418 e. The van der Waals surface area contributed by atoms with Gasteiger partial charge in [0.15, 0.2) is 0 Å². The maximum absolute atomic E-state index is 12.4. The number of carbonyl (C=O) groups is 1. The average molecular weight is 299 g/mol. The van der Waals surface area contributed by atoms with Gasteiger partial charge in [-0.1, -0.05) is 12.1 Å². The molecule has 0 aliphatic rings. The van der Waals surface area contributed by atoms with Gasteiger partial charge in [-0.3, -0.25) is 4.57 Å². The van der Waals surface area contributed by atoms with Gasteiger partial charge in [0.05, 0.1) is 6.42 Å². The van der Waals surface area contributed by atoms with Crippen LogP contribution < -0.4 is 0 Å². The highest BCUT2D eigenvalue weighted by atomic mass is 19.4. The third kappa shape index (κ3) is 4.24. The Labute approximate surface area is 120 Å². The molecule has 1 aromatic carbocycles. The van der Waals surface area contributed by atoms with E-state index >= 15 is 0 Å². The third-order valence-corrected chi connectivity index (χ3v) is 2.72. The highest BCUT2D eigenvalue weighted by Gasteiger charge is 2.27. The molecule has 0 aliphatic carbocycles. The minimum absolute atomic E-state index is 0.164. The summed E-state index contributed by atoms with van der Waals surface area (Å²) in [6.07, 6.45) is -2.78. The Morgan fingerprint density at radius 2 is 1.76 bits per heavy atom. The maximum Gasteiger partial charge on any atom is 0.418 e. The zero-order chi connectivity index (χ0) is 15.8. The summed E-state index contributed by atoms with van der Waals surface area (Å²) >= 11 is 0. The van der Waals surface area contributed by atoms with Gasteiger partial charge < -0.3 is 4.74 Å². The molecular formula is C15H16F3NO2. The van der Waals surface area contributed by atoms with E-state index in [2.05, 4.69) is 0 Å². The highest BCUT2D eigenvalue weighted by Crippen LogP contribution is 2.25. The van der Waals surface area contributed by atoms with Crippen LogP contribution in [0.25, 0.3) is 10.8 Å². The quantitative estimate of drug-likeness (QED) is 0.774. The number of hydrogen-bond acceptors (Lipinski definition) is 2. The molecule has 0 saturated carbocycles. The SMILES string of the molecule is CC(C)(C)OC(=O)n1cc2ccc(CC(F)(F)F)cc2c1. The minimum Gasteiger partial charge on any atom is -0.443 e. The second-order valence-electron chi connectivity index (χ2n) is 5.90. The third-order valence-electron chi connectivity index (χ3n) is 2.72. The molecule has 0 unspecified atom stereocenters. The average Bonchev–Trinajstić information content (AvgIpc) is 2.67. The molecule has 2 aromatic rings. The summed E-state index contributed by atoms with van der Waals surface area (Å²) in [5, 5.41) is 1.26. The number of ether oxygens (including phenoxy) is 1. The van der Waals surface area contributed by atoms with E-state index < -0.39 is 24.3 Å². The Morgan fingerprint density at radius 3 is 2.33 bits per heavy atom. The Hall–Kier alpha value is -1.98. The lowest BCUT2D eigenvalue weighted by atomic mass is 10.1. The molecule has 0 radical (unpaired) electrons. The Bertz CT molecular complexity index is 666. The van der Waals surface area contributed by atoms with Crippen LogP contribution in [0, 0.1) is 0 Å². The van der Waals surface area contributed by atoms with Crippen molar-refractivity contribution in [2.24, 2.45) is 0 Å². The van der Waals surface area contributed by atoms with E-state index in [4.69, 9.17) is 4.74 Å². The van der Waals surface area contributed by atoms with Crippen LogP contribution in [-0.4, -0.2) is 22.4 Å². The second-order valence-corrected chi connectivity index (χ2v) is 5.90. The van der Waals surface area contributed by atoms with Crippen molar-refractivity contribution in [2.45, 2.75) is 39.0 Å². The van der Waals surface area contributed by atoms with Crippen molar-refractivity contribution in [3.63, 3.8) is 0 Å². The summed E-state index contributed by atoms with van der Waals surface area (Å²) in [5.74, 6) is 0. The largest absolute Gasteiger partial charge is 0.443 e. The van der Waals surface area contributed by atoms with E-state index in [9.17, 15) is 18.0 Å². The second kappa shape index (κ2) is 5.09. The van der Waals surface area contributed by atoms with Crippen molar-refractivity contribution in [3.05, 3.63) is 36.2 Å². The van der Waals surface area contributed by atoms with E-state index in [0.29, 0.717) is 10.8 Å². The van der Waals surface area contributed by atoms with Gasteiger partial charge in [-0.25, -0.2) is 4.79 Å². The number of aromatic nitrogens is 1. The van der Waals surface area contributed by atoms with Crippen LogP contribution in [-0.2, 0) is 11.2 Å². The number of fused-ring (bicyclic) bond motifs is 1. The van der Waals surface area contributed by atoms with Gasteiger partial charge in [-0.2, -0.15) is 13.2 Å². The van der Waals surface area contributed by atoms with Crippen LogP contribution in [0.4, 0.5) is 18.0 Å². The summed E-state index contributed by atoms with van der Waals surface area (Å²) in [5.41, 5.74) is -0.466. The normalized spacial score (nSPS) is 12.7. The topological polar surface area (TPSA) is 31.2 Å². The monoisotopic (exact) mass is 299 g/mol. The standard InChI is InChI=1S/C15H16F3NO2/c1-14(2,3)21-13(20)19-8-11-5-4-10(6-12(11)9-19)7-15(16,17)18/h4-6,8-9H,7H2,1-3H3. The molecule has 0 amide bonds. The predicted molar refractivity (Wildman–Crippen MR) is 73.3 cm³/mol. The molecule has 1 aromatic heterocycles. The molecule has 21 heavy (non-hydrogen) atoms. The minimum atomic E-state index is -4.25. The Balaban J connectivity index is 2.28. The number of benzene rings is 1. The number of alkyl halides is 3. The molecular weight excluding hydrogens is 283 g/mol. The van der Waals surface area contributed by atoms with Crippen molar-refractivity contribution in [1.29, 1.82) is 0 Å². The van der Waals surface area contributed by atoms with Crippen molar-refractivity contribution in [3.8, 4) is 0 Å². The predicted octanol–water partition coefficient (Wildman–Crippen LogP) is 4.53. The molecule has 1 heterocycles. The van der Waals surface area contributed by atoms with E-state index in [1.807, 2.05) is 0 Å². The molecule has 0 fully saturated rings. The van der Waals surface area contributed by atoms with Crippen molar-refractivity contribution in [2.75, 3.05) is 0 Å². The zero-order valence-corrected chi connectivity index (χ0v) is 12.0. The molecule has 0 spiro atoms. The zero-order valence-electron chi connectivity index (χ0n) is 12.0. The molecule has 0 saturated heterocycles. The molecule has 0 bridgehead atoms. The van der Waals surface area contributed by atoms with Crippen molar-refractivity contribution < 1.29 is 22.7 Å². The van der Waals surface area contributed by atoms with Gasteiger partial charge in [0.25, 0.3) is 0 Å². The van der Waals surface area contributed by atoms with Gasteiger partial charge in [0.2, 0.25) is 0 Å². The van der Waals surface area contributed by atoms with E-state index in [1.54, 1.807) is 33.0 Å². The molecule has 2 rings (SSSR count). The van der Waals surface area contributed by atoms with Gasteiger partial charge >= 0.3 is 12.3 Å². The fraction of sp³-hybridized carbons (Fsp3) is 0.400. The van der Waals surface area contributed by atoms with E-state index in [-0.39, 0.29) is 5.56 Å². The summed E-state index contributed by atoms with van der Waals surface area (Å²) in [7, 11) is 0. The van der Waals surface area contributed by atoms with E-state index in [0.717, 1.165) is 0 Å². The highest BCUT2D eigenvalue weighted by molar-refractivity contribution is 5.87. The van der Waals surface area contributed by atoms with Gasteiger partial charge in [0.1, 0.15) is 5.60 Å². The first-order valence-electron chi connectivity index (χ1n) is 6.44. The van der Waals surface area contributed by atoms with Crippen LogP contribution >= 0.6 is 0 Å². The van der Waals surface area contributed by atoms with Crippen LogP contribution in [0.3, 0.4) is 0 Å². The molecule has 6 heteroatoms. The Kier molecular flexibility index (Phi) is 3.74. The van der Waals surface area contributed by atoms with Crippen molar-refractivity contribution >= 4 is 16.9 Å². The lowest BCUT2D eigenvalue weighted by Gasteiger charge is -2.19. The Morgan fingerprint density at radius 1 is 1.14 bits per heavy atom. The van der Waals surface area contributed by atoms with Gasteiger partial charge in [-0.15, -0.1) is 0 Å². The van der Waals surface area contributed by atoms with E-state index in [1.165, 1.54) is 22.9 Å². The summed E-state index contributed by atoms with van der Waals surface area (Å²) in [4.78, 5) is 11.9. The molecule has 0 N–H and O–H groups in total. The number of halogens is 3. The number of nitrogens with zero attached hydrogens (tertiary/aromatic N) is 1. The first-order valence-corrected chi connectivity index (χ1v) is 6.44. The van der Waals surface area contributed by atoms with Crippen LogP contribution in [0.1, 0.15) is 26.3 Å². The fourth-order valence-corrected chi connectivity index (χ4v) is 1.95. The molecule has 0 atom stereocenters. The summed E-state index contributed by atoms with van der Waals surface area (Å²) in [6.45, 7) is 5.24. The first-order chi connectivity index (χ1) is 9.53.